The van der Waals surface area contributed by atoms with Gasteiger partial charge in [-0.3, -0.25) is 4.79 Å². The maximum Gasteiger partial charge on any atom is 0.227 e. The van der Waals surface area contributed by atoms with E-state index in [0.29, 0.717) is 0 Å². The normalized spacial score (nSPS) is 11.5. The zero-order valence-corrected chi connectivity index (χ0v) is 7.97. The zero-order valence-electron chi connectivity index (χ0n) is 7.16. The third-order valence-corrected chi connectivity index (χ3v) is 2.31. The van der Waals surface area contributed by atoms with Crippen molar-refractivity contribution in [2.45, 2.75) is 12.1 Å². The molecular formula is C6H9N3O3S. The van der Waals surface area contributed by atoms with E-state index >= 15 is 0 Å². The molecule has 0 saturated heterocycles. The number of nitrogen functional groups attached to an aromatic ring is 1. The average molecular weight is 203 g/mol. The van der Waals surface area contributed by atoms with Gasteiger partial charge in [-0.25, -0.2) is 13.4 Å². The Balaban J connectivity index is 3.33. The minimum absolute atomic E-state index is 0.0282. The molecule has 0 aromatic carbocycles. The molecule has 0 atom stereocenters. The van der Waals surface area contributed by atoms with Crippen molar-refractivity contribution in [2.24, 2.45) is 0 Å². The summed E-state index contributed by atoms with van der Waals surface area (Å²) in [6, 6.07) is 0. The number of aromatic nitrogens is 2. The number of ketones is 1. The second-order valence-electron chi connectivity index (χ2n) is 2.63. The molecule has 6 nitrogen and oxygen atoms in total. The third kappa shape index (κ3) is 1.86. The molecule has 0 spiro atoms. The smallest absolute Gasteiger partial charge is 0.227 e. The van der Waals surface area contributed by atoms with Gasteiger partial charge in [0.05, 0.1) is 0 Å². The lowest BCUT2D eigenvalue weighted by molar-refractivity contribution is 0.101. The summed E-state index contributed by atoms with van der Waals surface area (Å²) in [6.45, 7) is 1.27. The highest BCUT2D eigenvalue weighted by Gasteiger charge is 2.17. The lowest BCUT2D eigenvalue weighted by Crippen LogP contribution is -2.00. The Bertz CT molecular complexity index is 446. The molecule has 1 rings (SSSR count). The van der Waals surface area contributed by atoms with Crippen LogP contribution in [0.4, 0.5) is 5.82 Å². The number of nitrogens with zero attached hydrogens (tertiary/aromatic N) is 1. The number of rotatable bonds is 2. The van der Waals surface area contributed by atoms with Gasteiger partial charge in [0.15, 0.2) is 11.6 Å². The van der Waals surface area contributed by atoms with E-state index in [1.807, 2.05) is 0 Å². The van der Waals surface area contributed by atoms with Crippen molar-refractivity contribution >= 4 is 21.4 Å². The van der Waals surface area contributed by atoms with Crippen LogP contribution in [0.1, 0.15) is 17.4 Å². The van der Waals surface area contributed by atoms with Gasteiger partial charge in [0.25, 0.3) is 0 Å². The van der Waals surface area contributed by atoms with Crippen LogP contribution < -0.4 is 5.73 Å². The molecule has 13 heavy (non-hydrogen) atoms. The molecule has 1 heterocycles. The van der Waals surface area contributed by atoms with Gasteiger partial charge < -0.3 is 10.7 Å². The fourth-order valence-electron chi connectivity index (χ4n) is 0.808. The van der Waals surface area contributed by atoms with E-state index in [9.17, 15) is 13.2 Å². The molecule has 1 aromatic rings. The van der Waals surface area contributed by atoms with E-state index in [-0.39, 0.29) is 22.5 Å². The van der Waals surface area contributed by atoms with Crippen LogP contribution in [0.2, 0.25) is 0 Å². The summed E-state index contributed by atoms with van der Waals surface area (Å²) in [4.78, 5) is 16.7. The van der Waals surface area contributed by atoms with Gasteiger partial charge in [-0.15, -0.1) is 0 Å². The number of aromatic amines is 1. The standard InChI is InChI=1S/C6H9N3O3S/c1-3(10)4-5(7)9-6(8-4)13(2,11)12/h7H2,1-2H3,(H,8,9). The molecule has 7 heteroatoms. The predicted molar refractivity (Wildman–Crippen MR) is 46.1 cm³/mol. The molecular weight excluding hydrogens is 194 g/mol. The second-order valence-corrected chi connectivity index (χ2v) is 4.56. The first kappa shape index (κ1) is 9.72. The number of anilines is 1. The number of sulfone groups is 1. The van der Waals surface area contributed by atoms with Crippen LogP contribution in [0.15, 0.2) is 5.16 Å². The number of nitrogens with two attached hydrogens (primary N) is 1. The van der Waals surface area contributed by atoms with Crippen LogP contribution in [0.3, 0.4) is 0 Å². The lowest BCUT2D eigenvalue weighted by atomic mass is 10.3. The van der Waals surface area contributed by atoms with Gasteiger partial charge >= 0.3 is 0 Å². The molecule has 0 saturated carbocycles. The van der Waals surface area contributed by atoms with Gasteiger partial charge in [-0.2, -0.15) is 0 Å². The van der Waals surface area contributed by atoms with Crippen molar-refractivity contribution in [2.75, 3.05) is 12.0 Å². The summed E-state index contributed by atoms with van der Waals surface area (Å²) >= 11 is 0. The summed E-state index contributed by atoms with van der Waals surface area (Å²) in [5.74, 6) is -0.437. The largest absolute Gasteiger partial charge is 0.382 e. The Morgan fingerprint density at radius 3 is 2.31 bits per heavy atom. The first-order chi connectivity index (χ1) is 5.82. The van der Waals surface area contributed by atoms with E-state index in [1.165, 1.54) is 6.92 Å². The van der Waals surface area contributed by atoms with E-state index < -0.39 is 9.84 Å². The molecule has 1 aromatic heterocycles. The molecule has 72 valence electrons. The molecule has 0 radical (unpaired) electrons. The number of H-pyrrole nitrogens is 1. The number of nitrogens with one attached hydrogen (secondary N) is 1. The summed E-state index contributed by atoms with van der Waals surface area (Å²) in [7, 11) is -3.44. The highest BCUT2D eigenvalue weighted by Crippen LogP contribution is 2.12. The number of hydrogen-bond donors (Lipinski definition) is 2. The molecule has 3 N–H and O–H groups in total. The number of Topliss-reactive ketones (excluding diaryl/α,β-unsaturated/α-hetero) is 1. The predicted octanol–water partition coefficient (Wildman–Crippen LogP) is -0.402. The summed E-state index contributed by atoms with van der Waals surface area (Å²) in [5.41, 5.74) is 5.34. The summed E-state index contributed by atoms with van der Waals surface area (Å²) in [6.07, 6.45) is 0.981. The Morgan fingerprint density at radius 1 is 1.54 bits per heavy atom. The van der Waals surface area contributed by atoms with Crippen LogP contribution >= 0.6 is 0 Å². The minimum atomic E-state index is -3.44. The SMILES string of the molecule is CC(=O)c1[nH]c(S(C)(=O)=O)nc1N. The molecule has 0 bridgehead atoms. The minimum Gasteiger partial charge on any atom is -0.382 e. The Morgan fingerprint density at radius 2 is 2.08 bits per heavy atom. The molecule has 0 fully saturated rings. The summed E-state index contributed by atoms with van der Waals surface area (Å²) < 4.78 is 21.9. The quantitative estimate of drug-likeness (QED) is 0.636. The molecule has 0 aliphatic heterocycles. The number of imidazole rings is 1. The van der Waals surface area contributed by atoms with Gasteiger partial charge in [0.2, 0.25) is 15.0 Å². The van der Waals surface area contributed by atoms with Crippen LogP contribution in [0.5, 0.6) is 0 Å². The number of carbonyl (C=O) groups is 1. The van der Waals surface area contributed by atoms with Gasteiger partial charge in [-0.1, -0.05) is 0 Å². The van der Waals surface area contributed by atoms with Crippen LogP contribution in [-0.4, -0.2) is 30.4 Å². The Kier molecular flexibility index (Phi) is 2.12. The van der Waals surface area contributed by atoms with Crippen molar-refractivity contribution in [3.63, 3.8) is 0 Å². The third-order valence-electron chi connectivity index (χ3n) is 1.41. The van der Waals surface area contributed by atoms with Crippen molar-refractivity contribution in [1.82, 2.24) is 9.97 Å². The highest BCUT2D eigenvalue weighted by molar-refractivity contribution is 7.90. The van der Waals surface area contributed by atoms with Crippen molar-refractivity contribution < 1.29 is 13.2 Å². The maximum absolute atomic E-state index is 11.0. The average Bonchev–Trinajstić information content (AvgIpc) is 2.29. The Hall–Kier alpha value is -1.37. The van der Waals surface area contributed by atoms with Gasteiger partial charge in [0, 0.05) is 13.2 Å². The number of hydrogen-bond acceptors (Lipinski definition) is 5. The van der Waals surface area contributed by atoms with Crippen LogP contribution in [0, 0.1) is 0 Å². The summed E-state index contributed by atoms with van der Waals surface area (Å²) in [5, 5.41) is -0.282. The van der Waals surface area contributed by atoms with Gasteiger partial charge in [-0.05, 0) is 0 Å². The zero-order chi connectivity index (χ0) is 10.2. The van der Waals surface area contributed by atoms with E-state index in [1.54, 1.807) is 0 Å². The van der Waals surface area contributed by atoms with E-state index in [2.05, 4.69) is 9.97 Å². The monoisotopic (exact) mass is 203 g/mol. The highest BCUT2D eigenvalue weighted by atomic mass is 32.2. The van der Waals surface area contributed by atoms with E-state index in [0.717, 1.165) is 6.26 Å². The molecule has 0 aliphatic rings. The first-order valence-electron chi connectivity index (χ1n) is 3.39. The van der Waals surface area contributed by atoms with Crippen molar-refractivity contribution in [3.8, 4) is 0 Å². The lowest BCUT2D eigenvalue weighted by Gasteiger charge is -1.89. The Labute approximate surface area is 75.1 Å². The number of carbonyl (C=O) groups excluding carboxylic acids is 1. The molecule has 0 unspecified atom stereocenters. The molecule has 0 aliphatic carbocycles. The second kappa shape index (κ2) is 2.84. The van der Waals surface area contributed by atoms with Crippen molar-refractivity contribution in [1.29, 1.82) is 0 Å². The van der Waals surface area contributed by atoms with Crippen LogP contribution in [-0.2, 0) is 9.84 Å². The van der Waals surface area contributed by atoms with Crippen LogP contribution in [0.25, 0.3) is 0 Å². The van der Waals surface area contributed by atoms with Crippen molar-refractivity contribution in [3.05, 3.63) is 5.69 Å². The van der Waals surface area contributed by atoms with Gasteiger partial charge in [0.1, 0.15) is 5.69 Å². The topological polar surface area (TPSA) is 106 Å². The maximum atomic E-state index is 11.0. The first-order valence-corrected chi connectivity index (χ1v) is 5.28. The van der Waals surface area contributed by atoms with E-state index in [4.69, 9.17) is 5.73 Å². The molecule has 0 amide bonds. The fourth-order valence-corrected chi connectivity index (χ4v) is 1.36. The fraction of sp³-hybridized carbons (Fsp3) is 0.333.